The fourth-order valence-corrected chi connectivity index (χ4v) is 2.26. The molecular formula is C8H11ClN2OS. The van der Waals surface area contributed by atoms with Gasteiger partial charge in [-0.1, -0.05) is 0 Å². The van der Waals surface area contributed by atoms with Crippen molar-refractivity contribution in [2.45, 2.75) is 20.3 Å². The molecule has 72 valence electrons. The lowest BCUT2D eigenvalue weighted by Crippen LogP contribution is -2.04. The van der Waals surface area contributed by atoms with Gasteiger partial charge in [-0.15, -0.1) is 22.9 Å². The van der Waals surface area contributed by atoms with Crippen LogP contribution >= 0.6 is 22.9 Å². The first-order valence-electron chi connectivity index (χ1n) is 3.93. The SMILES string of the molecule is CC(=O)Nc1nc(C)c(CCCl)s1. The highest BCUT2D eigenvalue weighted by atomic mass is 35.5. The smallest absolute Gasteiger partial charge is 0.223 e. The van der Waals surface area contributed by atoms with Gasteiger partial charge in [-0.3, -0.25) is 4.79 Å². The largest absolute Gasteiger partial charge is 0.302 e. The molecular weight excluding hydrogens is 208 g/mol. The summed E-state index contributed by atoms with van der Waals surface area (Å²) in [6.07, 6.45) is 0.810. The van der Waals surface area contributed by atoms with E-state index < -0.39 is 0 Å². The summed E-state index contributed by atoms with van der Waals surface area (Å²) >= 11 is 7.10. The van der Waals surface area contributed by atoms with Gasteiger partial charge in [0.2, 0.25) is 5.91 Å². The first-order chi connectivity index (χ1) is 6.13. The summed E-state index contributed by atoms with van der Waals surface area (Å²) in [5.74, 6) is 0.494. The number of nitrogens with zero attached hydrogens (tertiary/aromatic N) is 1. The molecule has 0 radical (unpaired) electrons. The molecule has 5 heteroatoms. The fourth-order valence-electron chi connectivity index (χ4n) is 0.950. The number of hydrogen-bond acceptors (Lipinski definition) is 3. The predicted octanol–water partition coefficient (Wildman–Crippen LogP) is 2.19. The van der Waals surface area contributed by atoms with Crippen molar-refractivity contribution in [2.24, 2.45) is 0 Å². The summed E-state index contributed by atoms with van der Waals surface area (Å²) in [5.41, 5.74) is 0.953. The highest BCUT2D eigenvalue weighted by Gasteiger charge is 2.07. The van der Waals surface area contributed by atoms with E-state index in [1.165, 1.54) is 18.3 Å². The standard InChI is InChI=1S/C8H11ClN2OS/c1-5-7(3-4-9)13-8(10-5)11-6(2)12/h3-4H2,1-2H3,(H,10,11,12). The monoisotopic (exact) mass is 218 g/mol. The zero-order valence-corrected chi connectivity index (χ0v) is 9.13. The molecule has 1 amide bonds. The molecule has 0 bridgehead atoms. The number of carbonyl (C=O) groups excluding carboxylic acids is 1. The maximum Gasteiger partial charge on any atom is 0.223 e. The fraction of sp³-hybridized carbons (Fsp3) is 0.500. The molecule has 1 rings (SSSR count). The van der Waals surface area contributed by atoms with E-state index in [0.29, 0.717) is 11.0 Å². The molecule has 0 spiro atoms. The number of halogens is 1. The number of alkyl halides is 1. The Labute approximate surface area is 86.1 Å². The van der Waals surface area contributed by atoms with Gasteiger partial charge in [0.25, 0.3) is 0 Å². The minimum Gasteiger partial charge on any atom is -0.302 e. The molecule has 1 aromatic heterocycles. The summed E-state index contributed by atoms with van der Waals surface area (Å²) in [4.78, 5) is 16.1. The Kier molecular flexibility index (Phi) is 3.69. The third kappa shape index (κ3) is 2.97. The van der Waals surface area contributed by atoms with Crippen molar-refractivity contribution in [2.75, 3.05) is 11.2 Å². The van der Waals surface area contributed by atoms with Gasteiger partial charge < -0.3 is 5.32 Å². The number of anilines is 1. The van der Waals surface area contributed by atoms with E-state index in [1.54, 1.807) is 0 Å². The van der Waals surface area contributed by atoms with Crippen LogP contribution in [0.25, 0.3) is 0 Å². The molecule has 0 aliphatic carbocycles. The van der Waals surface area contributed by atoms with E-state index in [4.69, 9.17) is 11.6 Å². The van der Waals surface area contributed by atoms with Crippen LogP contribution in [0.5, 0.6) is 0 Å². The molecule has 1 heterocycles. The first kappa shape index (κ1) is 10.5. The minimum atomic E-state index is -0.0915. The number of aromatic nitrogens is 1. The van der Waals surface area contributed by atoms with Gasteiger partial charge in [0.15, 0.2) is 5.13 Å². The molecule has 0 unspecified atom stereocenters. The number of nitrogens with one attached hydrogen (secondary N) is 1. The second-order valence-corrected chi connectivity index (χ2v) is 4.11. The van der Waals surface area contributed by atoms with E-state index in [1.807, 2.05) is 6.92 Å². The molecule has 0 atom stereocenters. The molecule has 0 fully saturated rings. The van der Waals surface area contributed by atoms with Crippen LogP contribution in [0.3, 0.4) is 0 Å². The predicted molar refractivity (Wildman–Crippen MR) is 55.6 cm³/mol. The van der Waals surface area contributed by atoms with E-state index in [0.717, 1.165) is 17.0 Å². The van der Waals surface area contributed by atoms with Crippen LogP contribution in [0.4, 0.5) is 5.13 Å². The minimum absolute atomic E-state index is 0.0915. The Balaban J connectivity index is 2.76. The van der Waals surface area contributed by atoms with Crippen LogP contribution in [0.1, 0.15) is 17.5 Å². The second kappa shape index (κ2) is 4.58. The van der Waals surface area contributed by atoms with Gasteiger partial charge in [-0.2, -0.15) is 0 Å². The molecule has 3 nitrogen and oxygen atoms in total. The van der Waals surface area contributed by atoms with Crippen LogP contribution in [0.15, 0.2) is 0 Å². The Morgan fingerprint density at radius 2 is 2.38 bits per heavy atom. The number of thiazole rings is 1. The Morgan fingerprint density at radius 3 is 2.92 bits per heavy atom. The lowest BCUT2D eigenvalue weighted by atomic mass is 10.3. The molecule has 0 aliphatic rings. The zero-order chi connectivity index (χ0) is 9.84. The van der Waals surface area contributed by atoms with Gasteiger partial charge in [0.1, 0.15) is 0 Å². The molecule has 0 aromatic carbocycles. The average molecular weight is 219 g/mol. The number of amides is 1. The van der Waals surface area contributed by atoms with Crippen LogP contribution in [-0.4, -0.2) is 16.8 Å². The van der Waals surface area contributed by atoms with Crippen molar-refractivity contribution in [3.05, 3.63) is 10.6 Å². The summed E-state index contributed by atoms with van der Waals surface area (Å²) < 4.78 is 0. The highest BCUT2D eigenvalue weighted by Crippen LogP contribution is 2.22. The third-order valence-electron chi connectivity index (χ3n) is 1.50. The lowest BCUT2D eigenvalue weighted by Gasteiger charge is -1.92. The third-order valence-corrected chi connectivity index (χ3v) is 2.82. The van der Waals surface area contributed by atoms with Gasteiger partial charge in [0, 0.05) is 17.7 Å². The van der Waals surface area contributed by atoms with Gasteiger partial charge >= 0.3 is 0 Å². The molecule has 0 saturated heterocycles. The second-order valence-electron chi connectivity index (χ2n) is 2.65. The quantitative estimate of drug-likeness (QED) is 0.791. The van der Waals surface area contributed by atoms with Crippen LogP contribution in [0, 0.1) is 6.92 Å². The number of hydrogen-bond donors (Lipinski definition) is 1. The highest BCUT2D eigenvalue weighted by molar-refractivity contribution is 7.15. The maximum atomic E-state index is 10.7. The van der Waals surface area contributed by atoms with Crippen LogP contribution < -0.4 is 5.32 Å². The summed E-state index contributed by atoms with van der Waals surface area (Å²) in [7, 11) is 0. The van der Waals surface area contributed by atoms with Crippen LogP contribution in [-0.2, 0) is 11.2 Å². The van der Waals surface area contributed by atoms with Crippen molar-refractivity contribution < 1.29 is 4.79 Å². The summed E-state index contributed by atoms with van der Waals surface area (Å²) in [5, 5.41) is 3.31. The number of aryl methyl sites for hydroxylation is 2. The van der Waals surface area contributed by atoms with Crippen molar-refractivity contribution in [1.29, 1.82) is 0 Å². The van der Waals surface area contributed by atoms with E-state index in [-0.39, 0.29) is 5.91 Å². The number of rotatable bonds is 3. The van der Waals surface area contributed by atoms with Crippen molar-refractivity contribution in [1.82, 2.24) is 4.98 Å². The number of carbonyl (C=O) groups is 1. The van der Waals surface area contributed by atoms with Crippen molar-refractivity contribution in [3.63, 3.8) is 0 Å². The summed E-state index contributed by atoms with van der Waals surface area (Å²) in [6, 6.07) is 0. The van der Waals surface area contributed by atoms with Gasteiger partial charge in [-0.25, -0.2) is 4.98 Å². The first-order valence-corrected chi connectivity index (χ1v) is 5.28. The van der Waals surface area contributed by atoms with Gasteiger partial charge in [0.05, 0.1) is 5.69 Å². The van der Waals surface area contributed by atoms with Gasteiger partial charge in [-0.05, 0) is 13.3 Å². The molecule has 0 saturated carbocycles. The van der Waals surface area contributed by atoms with E-state index >= 15 is 0 Å². The Morgan fingerprint density at radius 1 is 1.69 bits per heavy atom. The van der Waals surface area contributed by atoms with E-state index in [9.17, 15) is 4.79 Å². The average Bonchev–Trinajstić information content (AvgIpc) is 2.31. The normalized spacial score (nSPS) is 10.1. The van der Waals surface area contributed by atoms with Crippen molar-refractivity contribution >= 4 is 34.0 Å². The molecule has 13 heavy (non-hydrogen) atoms. The zero-order valence-electron chi connectivity index (χ0n) is 7.56. The maximum absolute atomic E-state index is 10.7. The Hall–Kier alpha value is -0.610. The molecule has 1 aromatic rings. The topological polar surface area (TPSA) is 42.0 Å². The van der Waals surface area contributed by atoms with Crippen LogP contribution in [0.2, 0.25) is 0 Å². The van der Waals surface area contributed by atoms with E-state index in [2.05, 4.69) is 10.3 Å². The molecule has 0 aliphatic heterocycles. The molecule has 1 N–H and O–H groups in total. The summed E-state index contributed by atoms with van der Waals surface area (Å²) in [6.45, 7) is 3.39. The Bertz CT molecular complexity index is 311. The lowest BCUT2D eigenvalue weighted by molar-refractivity contribution is -0.114. The van der Waals surface area contributed by atoms with Crippen molar-refractivity contribution in [3.8, 4) is 0 Å².